The highest BCUT2D eigenvalue weighted by molar-refractivity contribution is 7.96. The molecule has 5 atom stereocenters. The molecular formula is C10H6F2NO8S-. The van der Waals surface area contributed by atoms with E-state index in [0.29, 0.717) is 0 Å². The lowest BCUT2D eigenvalue weighted by Crippen LogP contribution is -2.46. The van der Waals surface area contributed by atoms with Crippen LogP contribution >= 0.6 is 12.0 Å². The van der Waals surface area contributed by atoms with Crippen molar-refractivity contribution in [2.45, 2.75) is 36.1 Å². The average Bonchev–Trinajstić information content (AvgIpc) is 3.07. The van der Waals surface area contributed by atoms with Crippen molar-refractivity contribution in [2.24, 2.45) is 5.41 Å². The molecule has 3 rings (SSSR count). The molecule has 0 aromatic heterocycles. The van der Waals surface area contributed by atoms with Gasteiger partial charge in [0.25, 0.3) is 0 Å². The van der Waals surface area contributed by atoms with Crippen LogP contribution in [0.3, 0.4) is 0 Å². The lowest BCUT2D eigenvalue weighted by atomic mass is 9.75. The summed E-state index contributed by atoms with van der Waals surface area (Å²) in [6, 6.07) is 1.82. The molecule has 0 saturated carbocycles. The van der Waals surface area contributed by atoms with E-state index in [1.807, 2.05) is 6.07 Å². The molecule has 2 bridgehead atoms. The van der Waals surface area contributed by atoms with E-state index in [1.165, 1.54) is 0 Å². The van der Waals surface area contributed by atoms with Gasteiger partial charge in [0.1, 0.15) is 24.3 Å². The van der Waals surface area contributed by atoms with Gasteiger partial charge in [0.2, 0.25) is 0 Å². The second-order valence-electron chi connectivity index (χ2n) is 4.86. The first-order chi connectivity index (χ1) is 10.4. The molecule has 0 radical (unpaired) electrons. The molecule has 3 fully saturated rings. The van der Waals surface area contributed by atoms with Crippen LogP contribution in [0.4, 0.5) is 8.78 Å². The Morgan fingerprint density at radius 2 is 2.32 bits per heavy atom. The van der Waals surface area contributed by atoms with E-state index in [9.17, 15) is 23.6 Å². The van der Waals surface area contributed by atoms with Gasteiger partial charge < -0.3 is 19.5 Å². The van der Waals surface area contributed by atoms with Crippen LogP contribution in [-0.4, -0.2) is 41.6 Å². The molecular weight excluding hydrogens is 332 g/mol. The van der Waals surface area contributed by atoms with E-state index in [-0.39, 0.29) is 6.42 Å². The smallest absolute Gasteiger partial charge is 0.415 e. The second kappa shape index (κ2) is 5.00. The average molecular weight is 338 g/mol. The molecule has 120 valence electrons. The van der Waals surface area contributed by atoms with Crippen molar-refractivity contribution in [3.63, 3.8) is 0 Å². The summed E-state index contributed by atoms with van der Waals surface area (Å²) in [5, 5.41) is 17.2. The first kappa shape index (κ1) is 15.4. The Bertz CT molecular complexity index is 568. The minimum atomic E-state index is -4.21. The Balaban J connectivity index is 1.71. The van der Waals surface area contributed by atoms with Gasteiger partial charge in [0.15, 0.2) is 17.6 Å². The Morgan fingerprint density at radius 1 is 1.59 bits per heavy atom. The highest BCUT2D eigenvalue weighted by Gasteiger charge is 2.74. The summed E-state index contributed by atoms with van der Waals surface area (Å²) >= 11 is -0.830. The van der Waals surface area contributed by atoms with Gasteiger partial charge in [-0.15, -0.1) is 0 Å². The molecule has 5 unspecified atom stereocenters. The van der Waals surface area contributed by atoms with Crippen molar-refractivity contribution in [3.8, 4) is 6.07 Å². The summed E-state index contributed by atoms with van der Waals surface area (Å²) in [5.41, 5.74) is -1.48. The fourth-order valence-electron chi connectivity index (χ4n) is 2.86. The van der Waals surface area contributed by atoms with Crippen LogP contribution in [0.25, 0.3) is 0 Å². The zero-order valence-corrected chi connectivity index (χ0v) is 11.2. The van der Waals surface area contributed by atoms with Crippen LogP contribution in [0.1, 0.15) is 6.42 Å². The SMILES string of the molecule is N#CC12CC3OC1C(OC2=O)C3OC(=O)C(F)(F)SOO[O-]. The van der Waals surface area contributed by atoms with Gasteiger partial charge >= 0.3 is 17.2 Å². The largest absolute Gasteiger partial charge is 0.691 e. The molecule has 9 nitrogen and oxygen atoms in total. The summed E-state index contributed by atoms with van der Waals surface area (Å²) < 4.78 is 44.9. The van der Waals surface area contributed by atoms with E-state index < -0.39 is 59.1 Å². The second-order valence-corrected chi connectivity index (χ2v) is 5.67. The van der Waals surface area contributed by atoms with Crippen molar-refractivity contribution in [3.05, 3.63) is 0 Å². The van der Waals surface area contributed by atoms with Crippen molar-refractivity contribution in [1.29, 1.82) is 5.26 Å². The number of esters is 2. The highest BCUT2D eigenvalue weighted by Crippen LogP contribution is 2.55. The number of hydrogen-bond acceptors (Lipinski definition) is 10. The number of fused-ring (bicyclic) bond motifs is 1. The predicted octanol–water partition coefficient (Wildman–Crippen LogP) is -1.03. The molecule has 3 aliphatic heterocycles. The topological polar surface area (TPSA) is 127 Å². The fraction of sp³-hybridized carbons (Fsp3) is 0.700. The third-order valence-electron chi connectivity index (χ3n) is 3.77. The predicted molar refractivity (Wildman–Crippen MR) is 55.8 cm³/mol. The van der Waals surface area contributed by atoms with Gasteiger partial charge in [-0.25, -0.2) is 4.79 Å². The maximum atomic E-state index is 13.3. The number of rotatable bonds is 5. The summed E-state index contributed by atoms with van der Waals surface area (Å²) in [7, 11) is 0. The summed E-state index contributed by atoms with van der Waals surface area (Å²) in [6.07, 6.45) is -4.35. The van der Waals surface area contributed by atoms with Crippen molar-refractivity contribution in [2.75, 3.05) is 0 Å². The molecule has 3 heterocycles. The van der Waals surface area contributed by atoms with E-state index >= 15 is 0 Å². The van der Waals surface area contributed by atoms with Gasteiger partial charge in [-0.2, -0.15) is 18.4 Å². The van der Waals surface area contributed by atoms with Gasteiger partial charge in [0, 0.05) is 6.42 Å². The third-order valence-corrected chi connectivity index (χ3v) is 4.27. The summed E-state index contributed by atoms with van der Waals surface area (Å²) in [5.74, 6) is -2.84. The van der Waals surface area contributed by atoms with Crippen LogP contribution in [0, 0.1) is 16.7 Å². The highest BCUT2D eigenvalue weighted by atomic mass is 32.2. The van der Waals surface area contributed by atoms with Gasteiger partial charge in [-0.3, -0.25) is 9.83 Å². The molecule has 0 aromatic rings. The zero-order valence-electron chi connectivity index (χ0n) is 10.4. The number of carbonyl (C=O) groups is 2. The van der Waals surface area contributed by atoms with Gasteiger partial charge in [-0.05, 0) is 0 Å². The van der Waals surface area contributed by atoms with Crippen LogP contribution in [0.2, 0.25) is 0 Å². The minimum absolute atomic E-state index is 0.111. The lowest BCUT2D eigenvalue weighted by molar-refractivity contribution is -0.777. The first-order valence-corrected chi connectivity index (χ1v) is 6.61. The molecule has 0 N–H and O–H groups in total. The zero-order chi connectivity index (χ0) is 16.1. The minimum Gasteiger partial charge on any atom is -0.691 e. The Morgan fingerprint density at radius 3 is 2.95 bits per heavy atom. The Kier molecular flexibility index (Phi) is 3.49. The van der Waals surface area contributed by atoms with E-state index in [4.69, 9.17) is 14.7 Å². The molecule has 3 saturated heterocycles. The maximum absolute atomic E-state index is 13.3. The van der Waals surface area contributed by atoms with E-state index in [1.54, 1.807) is 0 Å². The molecule has 3 aliphatic rings. The number of carbonyl (C=O) groups excluding carboxylic acids is 2. The standard InChI is InChI=1S/C10H7F2NO8S/c11-10(12,22-21-20-16)8(15)18-4-3-1-9(2-13)6(17-3)5(4)19-7(9)14/h3-6,16H,1H2/p-1. The summed E-state index contributed by atoms with van der Waals surface area (Å²) in [6.45, 7) is 0. The normalized spacial score (nSPS) is 38.7. The molecule has 22 heavy (non-hydrogen) atoms. The van der Waals surface area contributed by atoms with Crippen LogP contribution < -0.4 is 5.26 Å². The number of halogens is 2. The molecule has 12 heteroatoms. The quantitative estimate of drug-likeness (QED) is 0.266. The monoisotopic (exact) mass is 338 g/mol. The number of alkyl halides is 2. The lowest BCUT2D eigenvalue weighted by Gasteiger charge is -2.25. The van der Waals surface area contributed by atoms with Gasteiger partial charge in [-0.1, -0.05) is 0 Å². The van der Waals surface area contributed by atoms with Crippen LogP contribution in [0.5, 0.6) is 0 Å². The van der Waals surface area contributed by atoms with Gasteiger partial charge in [0.05, 0.1) is 6.07 Å². The molecule has 0 spiro atoms. The molecule has 0 aromatic carbocycles. The molecule has 0 amide bonds. The first-order valence-electron chi connectivity index (χ1n) is 5.87. The van der Waals surface area contributed by atoms with Crippen molar-refractivity contribution < 1.29 is 47.2 Å². The van der Waals surface area contributed by atoms with Crippen LogP contribution in [0.15, 0.2) is 0 Å². The number of nitrogens with zero attached hydrogens (tertiary/aromatic N) is 1. The third kappa shape index (κ3) is 1.97. The Hall–Kier alpha value is -1.52. The van der Waals surface area contributed by atoms with Crippen molar-refractivity contribution >= 4 is 24.0 Å². The number of hydrogen-bond donors (Lipinski definition) is 0. The van der Waals surface area contributed by atoms with Crippen LogP contribution in [-0.2, 0) is 33.2 Å². The Labute approximate surface area is 125 Å². The van der Waals surface area contributed by atoms with E-state index in [2.05, 4.69) is 14.1 Å². The van der Waals surface area contributed by atoms with E-state index in [0.717, 1.165) is 0 Å². The number of ether oxygens (including phenoxy) is 3. The maximum Gasteiger partial charge on any atom is 0.415 e. The molecule has 0 aliphatic carbocycles. The summed E-state index contributed by atoms with van der Waals surface area (Å²) in [4.78, 5) is 23.1. The number of nitriles is 1. The fourth-order valence-corrected chi connectivity index (χ4v) is 3.09. The van der Waals surface area contributed by atoms with Crippen molar-refractivity contribution in [1.82, 2.24) is 0 Å².